The van der Waals surface area contributed by atoms with Crippen molar-refractivity contribution in [3.05, 3.63) is 58.7 Å². The molecule has 1 aliphatic rings. The Morgan fingerprint density at radius 1 is 1.07 bits per heavy atom. The first kappa shape index (κ1) is 20.4. The molecule has 2 atom stereocenters. The Balaban J connectivity index is 1.93. The van der Waals surface area contributed by atoms with Gasteiger partial charge in [-0.3, -0.25) is 4.90 Å². The molecule has 0 aromatic heterocycles. The first-order chi connectivity index (χ1) is 12.9. The van der Waals surface area contributed by atoms with Crippen LogP contribution in [0.25, 0.3) is 0 Å². The van der Waals surface area contributed by atoms with Crippen LogP contribution in [0.15, 0.2) is 36.4 Å². The normalized spacial score (nSPS) is 18.1. The summed E-state index contributed by atoms with van der Waals surface area (Å²) < 4.78 is 0. The van der Waals surface area contributed by atoms with Gasteiger partial charge in [0.05, 0.1) is 0 Å². The number of phenolic OH excluding ortho intramolecular Hbond substituents is 1. The second kappa shape index (κ2) is 8.76. The number of rotatable bonds is 6. The summed E-state index contributed by atoms with van der Waals surface area (Å²) in [6.45, 7) is 12.4. The summed E-state index contributed by atoms with van der Waals surface area (Å²) in [4.78, 5) is 2.61. The van der Waals surface area contributed by atoms with Crippen LogP contribution < -0.4 is 5.30 Å². The topological polar surface area (TPSA) is 23.5 Å². The predicted molar refractivity (Wildman–Crippen MR) is 119 cm³/mol. The molecule has 0 amide bonds. The molecule has 0 aliphatic carbocycles. The Morgan fingerprint density at radius 3 is 2.52 bits per heavy atom. The summed E-state index contributed by atoms with van der Waals surface area (Å²) in [5, 5.41) is 12.0. The fourth-order valence-electron chi connectivity index (χ4n) is 4.11. The van der Waals surface area contributed by atoms with E-state index in [1.807, 2.05) is 12.1 Å². The third-order valence-electron chi connectivity index (χ3n) is 6.06. The lowest BCUT2D eigenvalue weighted by molar-refractivity contribution is 0.221. The first-order valence-corrected chi connectivity index (χ1v) is 11.3. The monoisotopic (exact) mass is 383 g/mol. The van der Waals surface area contributed by atoms with Gasteiger partial charge in [-0.15, -0.1) is 0 Å². The van der Waals surface area contributed by atoms with Crippen molar-refractivity contribution in [3.63, 3.8) is 0 Å². The number of nitrogens with zero attached hydrogens (tertiary/aromatic N) is 1. The van der Waals surface area contributed by atoms with Gasteiger partial charge in [0.2, 0.25) is 0 Å². The van der Waals surface area contributed by atoms with Gasteiger partial charge in [-0.2, -0.15) is 0 Å². The molecule has 2 nitrogen and oxygen atoms in total. The van der Waals surface area contributed by atoms with Crippen LogP contribution in [0.3, 0.4) is 0 Å². The van der Waals surface area contributed by atoms with E-state index in [4.69, 9.17) is 0 Å². The molecule has 1 fully saturated rings. The number of likely N-dealkylation sites (tertiary alicyclic amines) is 1. The number of piperidine rings is 1. The van der Waals surface area contributed by atoms with Crippen LogP contribution in [0.1, 0.15) is 61.8 Å². The van der Waals surface area contributed by atoms with Gasteiger partial charge >= 0.3 is 0 Å². The Morgan fingerprint density at radius 2 is 1.81 bits per heavy atom. The summed E-state index contributed by atoms with van der Waals surface area (Å²) in [7, 11) is 0.651. The van der Waals surface area contributed by atoms with Crippen molar-refractivity contribution in [1.82, 2.24) is 4.90 Å². The molecular weight excluding hydrogens is 349 g/mol. The summed E-state index contributed by atoms with van der Waals surface area (Å²) >= 11 is 0. The van der Waals surface area contributed by atoms with Crippen LogP contribution >= 0.6 is 8.58 Å². The Kier molecular flexibility index (Phi) is 6.61. The molecule has 0 bridgehead atoms. The second-order valence-corrected chi connectivity index (χ2v) is 10.1. The Bertz CT molecular complexity index is 782. The van der Waals surface area contributed by atoms with Crippen molar-refractivity contribution in [1.29, 1.82) is 0 Å². The van der Waals surface area contributed by atoms with Gasteiger partial charge in [-0.25, -0.2) is 0 Å². The number of hydrogen-bond acceptors (Lipinski definition) is 2. The van der Waals surface area contributed by atoms with Crippen molar-refractivity contribution >= 4 is 13.9 Å². The molecule has 1 heterocycles. The van der Waals surface area contributed by atoms with Crippen LogP contribution in [-0.2, 0) is 11.7 Å². The van der Waals surface area contributed by atoms with Crippen LogP contribution in [0, 0.1) is 13.8 Å². The zero-order valence-corrected chi connectivity index (χ0v) is 18.3. The molecule has 2 aromatic rings. The molecule has 0 radical (unpaired) electrons. The van der Waals surface area contributed by atoms with Gasteiger partial charge in [0, 0.05) is 17.3 Å². The summed E-state index contributed by atoms with van der Waals surface area (Å²) in [6, 6.07) is 12.8. The highest BCUT2D eigenvalue weighted by Crippen LogP contribution is 2.48. The summed E-state index contributed by atoms with van der Waals surface area (Å²) in [5.41, 5.74) is 5.16. The zero-order valence-electron chi connectivity index (χ0n) is 17.3. The largest absolute Gasteiger partial charge is 0.508 e. The van der Waals surface area contributed by atoms with E-state index in [0.717, 1.165) is 18.5 Å². The maximum atomic E-state index is 10.6. The van der Waals surface area contributed by atoms with Crippen molar-refractivity contribution in [2.45, 2.75) is 65.1 Å². The molecule has 2 unspecified atom stereocenters. The fraction of sp³-hybridized carbons (Fsp3) is 0.500. The maximum absolute atomic E-state index is 10.6. The van der Waals surface area contributed by atoms with E-state index >= 15 is 0 Å². The van der Waals surface area contributed by atoms with Gasteiger partial charge in [0.25, 0.3) is 0 Å². The number of phenols is 1. The highest BCUT2D eigenvalue weighted by molar-refractivity contribution is 7.48. The number of aromatic hydroxyl groups is 1. The molecule has 0 spiro atoms. The molecule has 1 N–H and O–H groups in total. The smallest absolute Gasteiger partial charge is 0.119 e. The average molecular weight is 384 g/mol. The van der Waals surface area contributed by atoms with E-state index in [1.54, 1.807) is 0 Å². The number of benzene rings is 2. The summed E-state index contributed by atoms with van der Waals surface area (Å²) in [6.07, 6.45) is 5.04. The quantitative estimate of drug-likeness (QED) is 0.654. The second-order valence-electron chi connectivity index (χ2n) is 8.28. The van der Waals surface area contributed by atoms with Crippen molar-refractivity contribution in [2.24, 2.45) is 0 Å². The Hall–Kier alpha value is -1.37. The minimum atomic E-state index is -0.0428. The van der Waals surface area contributed by atoms with E-state index < -0.39 is 0 Å². The van der Waals surface area contributed by atoms with E-state index in [9.17, 15) is 5.11 Å². The molecule has 27 heavy (non-hydrogen) atoms. The van der Waals surface area contributed by atoms with Crippen molar-refractivity contribution in [2.75, 3.05) is 13.1 Å². The fourth-order valence-corrected chi connectivity index (χ4v) is 5.78. The number of aryl methyl sites for hydroxylation is 2. The standard InChI is InChI=1S/C24H34NOP/c1-5-24(4,21-16-18(2)12-13-22(21)26)27-23-19(3)10-9-11-20(23)17-25-14-7-6-8-15-25/h9-13,16,26-27H,5-8,14-15,17H2,1-4H3. The highest BCUT2D eigenvalue weighted by Gasteiger charge is 2.30. The van der Waals surface area contributed by atoms with Gasteiger partial charge < -0.3 is 5.11 Å². The molecular formula is C24H34NOP. The van der Waals surface area contributed by atoms with Crippen molar-refractivity contribution in [3.8, 4) is 5.75 Å². The maximum Gasteiger partial charge on any atom is 0.119 e. The summed E-state index contributed by atoms with van der Waals surface area (Å²) in [5.74, 6) is 0.434. The van der Waals surface area contributed by atoms with Gasteiger partial charge in [-0.05, 0) is 68.7 Å². The van der Waals surface area contributed by atoms with Crippen LogP contribution in [0.4, 0.5) is 0 Å². The molecule has 1 aliphatic heterocycles. The molecule has 0 saturated carbocycles. The zero-order chi connectivity index (χ0) is 19.4. The van der Waals surface area contributed by atoms with Gasteiger partial charge in [0.15, 0.2) is 0 Å². The van der Waals surface area contributed by atoms with E-state index in [0.29, 0.717) is 14.3 Å². The van der Waals surface area contributed by atoms with Crippen LogP contribution in [0.5, 0.6) is 5.75 Å². The molecule has 3 rings (SSSR count). The lowest BCUT2D eigenvalue weighted by Gasteiger charge is -2.33. The first-order valence-electron chi connectivity index (χ1n) is 10.3. The SMILES string of the molecule is CCC(C)(Pc1c(C)cccc1CN1CCCCC1)c1cc(C)ccc1O. The predicted octanol–water partition coefficient (Wildman–Crippen LogP) is 5.62. The van der Waals surface area contributed by atoms with Crippen LogP contribution in [0.2, 0.25) is 0 Å². The minimum Gasteiger partial charge on any atom is -0.508 e. The minimum absolute atomic E-state index is 0.0428. The van der Waals surface area contributed by atoms with E-state index in [1.165, 1.54) is 54.3 Å². The highest BCUT2D eigenvalue weighted by atomic mass is 31.1. The lowest BCUT2D eigenvalue weighted by Crippen LogP contribution is -2.31. The lowest BCUT2D eigenvalue weighted by atomic mass is 9.95. The van der Waals surface area contributed by atoms with E-state index in [2.05, 4.69) is 56.9 Å². The third kappa shape index (κ3) is 4.73. The van der Waals surface area contributed by atoms with E-state index in [-0.39, 0.29) is 5.16 Å². The molecule has 3 heteroatoms. The van der Waals surface area contributed by atoms with Gasteiger partial charge in [-0.1, -0.05) is 64.7 Å². The average Bonchev–Trinajstić information content (AvgIpc) is 2.67. The third-order valence-corrected chi connectivity index (χ3v) is 8.20. The number of hydrogen-bond donors (Lipinski definition) is 1. The molecule has 1 saturated heterocycles. The molecule has 2 aromatic carbocycles. The van der Waals surface area contributed by atoms with Crippen LogP contribution in [-0.4, -0.2) is 23.1 Å². The van der Waals surface area contributed by atoms with Crippen molar-refractivity contribution < 1.29 is 5.11 Å². The Labute approximate surface area is 166 Å². The van der Waals surface area contributed by atoms with Gasteiger partial charge in [0.1, 0.15) is 5.75 Å². The molecule has 146 valence electrons.